The van der Waals surface area contributed by atoms with Gasteiger partial charge >= 0.3 is 0 Å². The number of aryl methyl sites for hydroxylation is 1. The molecule has 0 bridgehead atoms. The number of benzene rings is 2. The largest absolute Gasteiger partial charge is 0.494 e. The fraction of sp³-hybridized carbons (Fsp3) is 0.294. The minimum absolute atomic E-state index is 0.00234. The maximum Gasteiger partial charge on any atom is 0.119 e. The average Bonchev–Trinajstić information content (AvgIpc) is 2.40. The van der Waals surface area contributed by atoms with Gasteiger partial charge in [0.1, 0.15) is 5.75 Å². The van der Waals surface area contributed by atoms with E-state index >= 15 is 0 Å². The third-order valence-electron chi connectivity index (χ3n) is 3.05. The van der Waals surface area contributed by atoms with E-state index in [4.69, 9.17) is 16.3 Å². The summed E-state index contributed by atoms with van der Waals surface area (Å²) >= 11 is 6.48. The normalized spacial score (nSPS) is 12.2. The minimum atomic E-state index is -0.00234. The van der Waals surface area contributed by atoms with Crippen molar-refractivity contribution in [2.24, 2.45) is 0 Å². The Morgan fingerprint density at radius 1 is 1.11 bits per heavy atom. The fourth-order valence-corrected chi connectivity index (χ4v) is 2.43. The maximum atomic E-state index is 6.48. The summed E-state index contributed by atoms with van der Waals surface area (Å²) in [7, 11) is 0. The predicted molar refractivity (Wildman–Crippen MR) is 81.1 cm³/mol. The highest BCUT2D eigenvalue weighted by atomic mass is 35.5. The smallest absolute Gasteiger partial charge is 0.119 e. The topological polar surface area (TPSA) is 9.23 Å². The van der Waals surface area contributed by atoms with Crippen LogP contribution in [0.3, 0.4) is 0 Å². The van der Waals surface area contributed by atoms with Crippen molar-refractivity contribution in [3.05, 3.63) is 65.2 Å². The van der Waals surface area contributed by atoms with Crippen molar-refractivity contribution < 1.29 is 4.74 Å². The van der Waals surface area contributed by atoms with Crippen molar-refractivity contribution in [3.8, 4) is 5.75 Å². The summed E-state index contributed by atoms with van der Waals surface area (Å²) in [5.74, 6) is 0.894. The molecule has 1 atom stereocenters. The molecule has 2 aromatic carbocycles. The Balaban J connectivity index is 2.05. The number of alkyl halides is 1. The summed E-state index contributed by atoms with van der Waals surface area (Å²) < 4.78 is 5.43. The molecule has 0 saturated carbocycles. The van der Waals surface area contributed by atoms with Gasteiger partial charge in [0.05, 0.1) is 12.0 Å². The SMILES string of the molecule is CCOc1ccc(C(Cl)Cc2cccc(C)c2)cc1. The van der Waals surface area contributed by atoms with Crippen LogP contribution in [0, 0.1) is 6.92 Å². The number of hydrogen-bond donors (Lipinski definition) is 0. The van der Waals surface area contributed by atoms with Crippen molar-refractivity contribution >= 4 is 11.6 Å². The molecule has 19 heavy (non-hydrogen) atoms. The zero-order valence-electron chi connectivity index (χ0n) is 11.4. The van der Waals surface area contributed by atoms with Crippen molar-refractivity contribution in [1.29, 1.82) is 0 Å². The number of halogens is 1. The Hall–Kier alpha value is -1.47. The van der Waals surface area contributed by atoms with Gasteiger partial charge in [0.25, 0.3) is 0 Å². The first-order valence-corrected chi connectivity index (χ1v) is 7.05. The molecule has 0 aliphatic rings. The molecule has 2 aromatic rings. The second-order valence-corrected chi connectivity index (χ2v) is 5.19. The van der Waals surface area contributed by atoms with Gasteiger partial charge < -0.3 is 4.74 Å². The molecule has 0 aromatic heterocycles. The molecular formula is C17H19ClO. The van der Waals surface area contributed by atoms with Gasteiger partial charge in [-0.25, -0.2) is 0 Å². The molecule has 2 rings (SSSR count). The van der Waals surface area contributed by atoms with Crippen molar-refractivity contribution in [2.45, 2.75) is 25.6 Å². The van der Waals surface area contributed by atoms with Gasteiger partial charge in [-0.3, -0.25) is 0 Å². The Morgan fingerprint density at radius 2 is 1.84 bits per heavy atom. The Labute approximate surface area is 120 Å². The monoisotopic (exact) mass is 274 g/mol. The third-order valence-corrected chi connectivity index (χ3v) is 3.46. The molecule has 0 saturated heterocycles. The van der Waals surface area contributed by atoms with E-state index in [1.807, 2.05) is 31.2 Å². The lowest BCUT2D eigenvalue weighted by Crippen LogP contribution is -1.97. The standard InChI is InChI=1S/C17H19ClO/c1-3-19-16-9-7-15(8-10-16)17(18)12-14-6-4-5-13(2)11-14/h4-11,17H,3,12H2,1-2H3. The average molecular weight is 275 g/mol. The van der Waals surface area contributed by atoms with Crippen LogP contribution in [-0.4, -0.2) is 6.61 Å². The Morgan fingerprint density at radius 3 is 2.47 bits per heavy atom. The van der Waals surface area contributed by atoms with Gasteiger partial charge in [0, 0.05) is 0 Å². The maximum absolute atomic E-state index is 6.48. The minimum Gasteiger partial charge on any atom is -0.494 e. The number of hydrogen-bond acceptors (Lipinski definition) is 1. The van der Waals surface area contributed by atoms with E-state index in [1.165, 1.54) is 11.1 Å². The van der Waals surface area contributed by atoms with Gasteiger partial charge in [-0.2, -0.15) is 0 Å². The van der Waals surface area contributed by atoms with Crippen molar-refractivity contribution in [3.63, 3.8) is 0 Å². The molecule has 2 heteroatoms. The van der Waals surface area contributed by atoms with Gasteiger partial charge in [0.2, 0.25) is 0 Å². The summed E-state index contributed by atoms with van der Waals surface area (Å²) in [6.45, 7) is 4.77. The summed E-state index contributed by atoms with van der Waals surface area (Å²) in [4.78, 5) is 0. The third kappa shape index (κ3) is 4.00. The highest BCUT2D eigenvalue weighted by molar-refractivity contribution is 6.20. The fourth-order valence-electron chi connectivity index (χ4n) is 2.10. The van der Waals surface area contributed by atoms with Crippen LogP contribution in [0.15, 0.2) is 48.5 Å². The highest BCUT2D eigenvalue weighted by Crippen LogP contribution is 2.26. The van der Waals surface area contributed by atoms with Crippen LogP contribution in [0.5, 0.6) is 5.75 Å². The molecule has 0 aliphatic carbocycles. The van der Waals surface area contributed by atoms with Gasteiger partial charge in [-0.1, -0.05) is 42.0 Å². The lowest BCUT2D eigenvalue weighted by Gasteiger charge is -2.11. The van der Waals surface area contributed by atoms with E-state index in [9.17, 15) is 0 Å². The quantitative estimate of drug-likeness (QED) is 0.704. The Bertz CT molecular complexity index is 519. The van der Waals surface area contributed by atoms with Gasteiger partial charge in [0.15, 0.2) is 0 Å². The number of rotatable bonds is 5. The lowest BCUT2D eigenvalue weighted by molar-refractivity contribution is 0.340. The highest BCUT2D eigenvalue weighted by Gasteiger charge is 2.09. The van der Waals surface area contributed by atoms with Crippen LogP contribution >= 0.6 is 11.6 Å². The van der Waals surface area contributed by atoms with E-state index in [2.05, 4.69) is 31.2 Å². The van der Waals surface area contributed by atoms with E-state index in [-0.39, 0.29) is 5.38 Å². The van der Waals surface area contributed by atoms with Crippen LogP contribution in [0.25, 0.3) is 0 Å². The lowest BCUT2D eigenvalue weighted by atomic mass is 10.0. The zero-order chi connectivity index (χ0) is 13.7. The Kier molecular flexibility index (Phi) is 4.86. The van der Waals surface area contributed by atoms with Crippen LogP contribution in [0.2, 0.25) is 0 Å². The van der Waals surface area contributed by atoms with E-state index in [0.29, 0.717) is 6.61 Å². The molecule has 0 heterocycles. The molecular weight excluding hydrogens is 256 g/mol. The molecule has 1 unspecified atom stereocenters. The van der Waals surface area contributed by atoms with E-state index in [0.717, 1.165) is 17.7 Å². The molecule has 0 amide bonds. The first kappa shape index (κ1) is 14.0. The first-order valence-electron chi connectivity index (χ1n) is 6.61. The van der Waals surface area contributed by atoms with Crippen molar-refractivity contribution in [1.82, 2.24) is 0 Å². The molecule has 0 radical (unpaired) electrons. The summed E-state index contributed by atoms with van der Waals surface area (Å²) in [5.41, 5.74) is 3.67. The van der Waals surface area contributed by atoms with E-state index < -0.39 is 0 Å². The predicted octanol–water partition coefficient (Wildman–Crippen LogP) is 4.92. The molecule has 0 spiro atoms. The zero-order valence-corrected chi connectivity index (χ0v) is 12.2. The van der Waals surface area contributed by atoms with Crippen LogP contribution in [-0.2, 0) is 6.42 Å². The molecule has 0 N–H and O–H groups in total. The summed E-state index contributed by atoms with van der Waals surface area (Å²) in [6.07, 6.45) is 0.844. The molecule has 0 aliphatic heterocycles. The van der Waals surface area contributed by atoms with Gasteiger partial charge in [-0.15, -0.1) is 11.6 Å². The molecule has 0 fully saturated rings. The molecule has 1 nitrogen and oxygen atoms in total. The van der Waals surface area contributed by atoms with Crippen molar-refractivity contribution in [2.75, 3.05) is 6.61 Å². The second kappa shape index (κ2) is 6.63. The van der Waals surface area contributed by atoms with E-state index in [1.54, 1.807) is 0 Å². The van der Waals surface area contributed by atoms with Crippen LogP contribution in [0.1, 0.15) is 29.0 Å². The summed E-state index contributed by atoms with van der Waals surface area (Å²) in [5, 5.41) is -0.00234. The second-order valence-electron chi connectivity index (χ2n) is 4.66. The van der Waals surface area contributed by atoms with Gasteiger partial charge in [-0.05, 0) is 43.5 Å². The van der Waals surface area contributed by atoms with Crippen LogP contribution < -0.4 is 4.74 Å². The number of ether oxygens (including phenoxy) is 1. The molecule has 100 valence electrons. The summed E-state index contributed by atoms with van der Waals surface area (Å²) in [6, 6.07) is 16.5. The first-order chi connectivity index (χ1) is 9.19. The van der Waals surface area contributed by atoms with Crippen LogP contribution in [0.4, 0.5) is 0 Å².